The molecule has 188 valence electrons. The van der Waals surface area contributed by atoms with E-state index in [2.05, 4.69) is 10.6 Å². The van der Waals surface area contributed by atoms with Crippen LogP contribution in [0.3, 0.4) is 0 Å². The molecule has 4 aromatic rings. The molecule has 0 aliphatic carbocycles. The van der Waals surface area contributed by atoms with E-state index in [4.69, 9.17) is 9.56 Å². The Morgan fingerprint density at radius 2 is 1.57 bits per heavy atom. The lowest BCUT2D eigenvalue weighted by atomic mass is 10.1. The Balaban J connectivity index is 1.58. The molecule has 0 fully saturated rings. The van der Waals surface area contributed by atoms with Crippen molar-refractivity contribution in [2.45, 2.75) is 18.4 Å². The largest absolute Gasteiger partial charge is 0.457 e. The Morgan fingerprint density at radius 3 is 2.22 bits per heavy atom. The van der Waals surface area contributed by atoms with Crippen LogP contribution in [0.5, 0.6) is 0 Å². The van der Waals surface area contributed by atoms with Crippen molar-refractivity contribution in [1.29, 1.82) is 0 Å². The summed E-state index contributed by atoms with van der Waals surface area (Å²) in [4.78, 5) is 25.9. The molecule has 0 spiro atoms. The zero-order valence-electron chi connectivity index (χ0n) is 20.0. The van der Waals surface area contributed by atoms with Crippen molar-refractivity contribution in [1.82, 2.24) is 10.6 Å². The van der Waals surface area contributed by atoms with Crippen molar-refractivity contribution in [3.8, 4) is 11.3 Å². The van der Waals surface area contributed by atoms with Gasteiger partial charge in [-0.3, -0.25) is 9.59 Å². The van der Waals surface area contributed by atoms with Gasteiger partial charge in [0.2, 0.25) is 10.0 Å². The molecular formula is C28H25N3O5S. The summed E-state index contributed by atoms with van der Waals surface area (Å²) in [5.41, 5.74) is 2.94. The van der Waals surface area contributed by atoms with Gasteiger partial charge in [0.05, 0.1) is 4.90 Å². The molecule has 37 heavy (non-hydrogen) atoms. The van der Waals surface area contributed by atoms with Gasteiger partial charge in [-0.15, -0.1) is 0 Å². The van der Waals surface area contributed by atoms with Gasteiger partial charge in [0.15, 0.2) is 0 Å². The molecule has 0 saturated carbocycles. The summed E-state index contributed by atoms with van der Waals surface area (Å²) in [7, 11) is -3.81. The van der Waals surface area contributed by atoms with Crippen LogP contribution in [0.2, 0.25) is 0 Å². The molecule has 9 heteroatoms. The van der Waals surface area contributed by atoms with E-state index in [9.17, 15) is 18.0 Å². The molecule has 0 aliphatic heterocycles. The zero-order valence-corrected chi connectivity index (χ0v) is 20.8. The van der Waals surface area contributed by atoms with Crippen molar-refractivity contribution >= 4 is 27.9 Å². The van der Waals surface area contributed by atoms with Crippen molar-refractivity contribution in [2.24, 2.45) is 5.14 Å². The molecule has 0 radical (unpaired) electrons. The molecule has 8 nitrogen and oxygen atoms in total. The number of nitrogens with one attached hydrogen (secondary N) is 2. The van der Waals surface area contributed by atoms with Gasteiger partial charge in [-0.05, 0) is 61.0 Å². The topological polar surface area (TPSA) is 132 Å². The normalized spacial score (nSPS) is 11.7. The van der Waals surface area contributed by atoms with Gasteiger partial charge in [0.1, 0.15) is 17.2 Å². The zero-order chi connectivity index (χ0) is 26.4. The summed E-state index contributed by atoms with van der Waals surface area (Å²) in [5.74, 6) is -0.160. The van der Waals surface area contributed by atoms with Crippen LogP contribution < -0.4 is 15.8 Å². The molecule has 4 N–H and O–H groups in total. The lowest BCUT2D eigenvalue weighted by molar-refractivity contribution is -0.117. The Labute approximate surface area is 214 Å². The van der Waals surface area contributed by atoms with E-state index >= 15 is 0 Å². The highest BCUT2D eigenvalue weighted by molar-refractivity contribution is 7.89. The minimum Gasteiger partial charge on any atom is -0.457 e. The van der Waals surface area contributed by atoms with Gasteiger partial charge in [0.25, 0.3) is 11.8 Å². The molecule has 4 rings (SSSR count). The minimum atomic E-state index is -3.81. The maximum absolute atomic E-state index is 13.0. The predicted octanol–water partition coefficient (Wildman–Crippen LogP) is 3.99. The second kappa shape index (κ2) is 11.1. The van der Waals surface area contributed by atoms with Crippen LogP contribution in [0.4, 0.5) is 0 Å². The van der Waals surface area contributed by atoms with Crippen LogP contribution in [-0.2, 0) is 21.4 Å². The average molecular weight is 516 g/mol. The third kappa shape index (κ3) is 6.81. The number of sulfonamides is 1. The molecule has 1 heterocycles. The summed E-state index contributed by atoms with van der Waals surface area (Å²) >= 11 is 0. The van der Waals surface area contributed by atoms with Crippen molar-refractivity contribution in [3.63, 3.8) is 0 Å². The van der Waals surface area contributed by atoms with Gasteiger partial charge < -0.3 is 15.1 Å². The summed E-state index contributed by atoms with van der Waals surface area (Å²) in [6.07, 6.45) is 1.44. The predicted molar refractivity (Wildman–Crippen MR) is 140 cm³/mol. The molecule has 2 amide bonds. The first-order valence-corrected chi connectivity index (χ1v) is 12.9. The minimum absolute atomic E-state index is 0.00646. The summed E-state index contributed by atoms with van der Waals surface area (Å²) in [5, 5.41) is 10.6. The molecule has 0 aliphatic rings. The van der Waals surface area contributed by atoms with Crippen molar-refractivity contribution in [2.75, 3.05) is 0 Å². The van der Waals surface area contributed by atoms with Crippen molar-refractivity contribution < 1.29 is 22.4 Å². The van der Waals surface area contributed by atoms with Crippen LogP contribution in [0.15, 0.2) is 106 Å². The number of nitrogens with two attached hydrogens (primary N) is 1. The number of amides is 2. The first kappa shape index (κ1) is 25.6. The van der Waals surface area contributed by atoms with Crippen LogP contribution >= 0.6 is 0 Å². The van der Waals surface area contributed by atoms with E-state index in [0.29, 0.717) is 22.6 Å². The first-order chi connectivity index (χ1) is 17.7. The van der Waals surface area contributed by atoms with Crippen LogP contribution in [-0.4, -0.2) is 20.2 Å². The molecule has 0 bridgehead atoms. The summed E-state index contributed by atoms with van der Waals surface area (Å²) in [6, 6.07) is 25.6. The highest BCUT2D eigenvalue weighted by Gasteiger charge is 2.16. The number of aryl methyl sites for hydroxylation is 1. The van der Waals surface area contributed by atoms with E-state index in [0.717, 1.165) is 11.1 Å². The van der Waals surface area contributed by atoms with E-state index in [1.807, 2.05) is 49.4 Å². The quantitative estimate of drug-likeness (QED) is 0.305. The smallest absolute Gasteiger partial charge is 0.268 e. The van der Waals surface area contributed by atoms with Gasteiger partial charge in [0, 0.05) is 23.7 Å². The second-order valence-electron chi connectivity index (χ2n) is 8.32. The third-order valence-electron chi connectivity index (χ3n) is 5.48. The van der Waals surface area contributed by atoms with E-state index in [1.165, 1.54) is 18.2 Å². The monoisotopic (exact) mass is 515 g/mol. The van der Waals surface area contributed by atoms with E-state index < -0.39 is 21.8 Å². The number of primary sulfonamides is 1. The summed E-state index contributed by atoms with van der Waals surface area (Å²) in [6.45, 7) is 2.19. The average Bonchev–Trinajstić information content (AvgIpc) is 3.36. The molecule has 0 saturated heterocycles. The third-order valence-corrected chi connectivity index (χ3v) is 6.41. The number of furan rings is 1. The second-order valence-corrected chi connectivity index (χ2v) is 9.88. The SMILES string of the molecule is Cc1ccc(C(=O)N/C(=C\c2ccc(-c3ccc(S(N)(=O)=O)cc3)o2)C(=O)NCc2ccccc2)cc1. The lowest BCUT2D eigenvalue weighted by Crippen LogP contribution is -2.34. The molecule has 0 unspecified atom stereocenters. The molecule has 3 aromatic carbocycles. The van der Waals surface area contributed by atoms with Gasteiger partial charge in [-0.1, -0.05) is 48.0 Å². The molecular weight excluding hydrogens is 490 g/mol. The number of carbonyl (C=O) groups excluding carboxylic acids is 2. The maximum atomic E-state index is 13.0. The highest BCUT2D eigenvalue weighted by atomic mass is 32.2. The van der Waals surface area contributed by atoms with E-state index in [-0.39, 0.29) is 17.1 Å². The van der Waals surface area contributed by atoms with Gasteiger partial charge in [-0.2, -0.15) is 0 Å². The number of hydrogen-bond acceptors (Lipinski definition) is 5. The Morgan fingerprint density at radius 1 is 0.892 bits per heavy atom. The Hall–Kier alpha value is -4.47. The Bertz CT molecular complexity index is 1540. The van der Waals surface area contributed by atoms with Crippen LogP contribution in [0.1, 0.15) is 27.2 Å². The van der Waals surface area contributed by atoms with Crippen molar-refractivity contribution in [3.05, 3.63) is 119 Å². The standard InChI is InChI=1S/C28H25N3O5S/c1-19-7-9-22(10-8-19)27(32)31-25(28(33)30-18-20-5-3-2-4-6-20)17-23-13-16-26(36-23)21-11-14-24(15-12-21)37(29,34)35/h2-17H,18H2,1H3,(H,30,33)(H,31,32)(H2,29,34,35)/b25-17-. The fourth-order valence-electron chi connectivity index (χ4n) is 3.47. The molecule has 1 aromatic heterocycles. The first-order valence-electron chi connectivity index (χ1n) is 11.3. The Kier molecular flexibility index (Phi) is 7.66. The number of hydrogen-bond donors (Lipinski definition) is 3. The fraction of sp³-hybridized carbons (Fsp3) is 0.0714. The highest BCUT2D eigenvalue weighted by Crippen LogP contribution is 2.24. The van der Waals surface area contributed by atoms with Crippen LogP contribution in [0, 0.1) is 6.92 Å². The van der Waals surface area contributed by atoms with Crippen LogP contribution in [0.25, 0.3) is 17.4 Å². The number of benzene rings is 3. The summed E-state index contributed by atoms with van der Waals surface area (Å²) < 4.78 is 28.8. The number of carbonyl (C=O) groups is 2. The lowest BCUT2D eigenvalue weighted by Gasteiger charge is -2.11. The van der Waals surface area contributed by atoms with Gasteiger partial charge >= 0.3 is 0 Å². The maximum Gasteiger partial charge on any atom is 0.268 e. The number of rotatable bonds is 8. The fourth-order valence-corrected chi connectivity index (χ4v) is 3.98. The van der Waals surface area contributed by atoms with E-state index in [1.54, 1.807) is 36.4 Å². The van der Waals surface area contributed by atoms with Gasteiger partial charge in [-0.25, -0.2) is 13.6 Å². The molecule has 0 atom stereocenters.